The van der Waals surface area contributed by atoms with Crippen molar-refractivity contribution in [3.63, 3.8) is 0 Å². The molecule has 0 aromatic heterocycles. The molecule has 5 heterocycles. The Morgan fingerprint density at radius 1 is 0.445 bits per heavy atom. The van der Waals surface area contributed by atoms with Crippen LogP contribution in [0.2, 0.25) is 30.1 Å². The van der Waals surface area contributed by atoms with E-state index in [0.717, 1.165) is 89.1 Å². The molecule has 2 saturated heterocycles. The van der Waals surface area contributed by atoms with Gasteiger partial charge in [-0.3, -0.25) is 28.8 Å². The topological polar surface area (TPSA) is 426 Å². The van der Waals surface area contributed by atoms with Crippen LogP contribution in [0.1, 0.15) is 151 Å². The lowest BCUT2D eigenvalue weighted by Crippen LogP contribution is -2.47. The maximum atomic E-state index is 13.4. The molecule has 0 bridgehead atoms. The Morgan fingerprint density at radius 2 is 0.781 bits per heavy atom. The summed E-state index contributed by atoms with van der Waals surface area (Å²) >= 11 is 38.5. The van der Waals surface area contributed by atoms with Gasteiger partial charge in [0.15, 0.2) is 33.9 Å². The van der Waals surface area contributed by atoms with Crippen LogP contribution in [0.15, 0.2) is 124 Å². The van der Waals surface area contributed by atoms with Crippen molar-refractivity contribution in [2.24, 2.45) is 5.73 Å². The molecule has 41 heteroatoms. The third-order valence-corrected chi connectivity index (χ3v) is 28.9. The zero-order chi connectivity index (χ0) is 93.6. The van der Waals surface area contributed by atoms with E-state index in [1.165, 1.54) is 0 Å². The summed E-state index contributed by atoms with van der Waals surface area (Å²) < 4.78 is 84.7. The Labute approximate surface area is 777 Å². The molecule has 6 aromatic carbocycles. The molecule has 5 aliphatic rings. The Morgan fingerprint density at radius 3 is 1.16 bits per heavy atom. The fourth-order valence-corrected chi connectivity index (χ4v) is 20.9. The highest BCUT2D eigenvalue weighted by molar-refractivity contribution is 7.91. The molecule has 2 fully saturated rings. The molecule has 0 aliphatic carbocycles. The van der Waals surface area contributed by atoms with Crippen molar-refractivity contribution < 1.29 is 93.7 Å². The van der Waals surface area contributed by atoms with Crippen LogP contribution in [0.4, 0.5) is 0 Å². The summed E-state index contributed by atoms with van der Waals surface area (Å²) in [7, 11) is 0.956. The van der Waals surface area contributed by atoms with E-state index >= 15 is 0 Å². The minimum absolute atomic E-state index is 0.00806. The van der Waals surface area contributed by atoms with Crippen molar-refractivity contribution >= 4 is 147 Å². The lowest BCUT2D eigenvalue weighted by molar-refractivity contribution is -0.216. The number of sulfonamides is 2. The van der Waals surface area contributed by atoms with Gasteiger partial charge in [0.05, 0.1) is 20.4 Å². The summed E-state index contributed by atoms with van der Waals surface area (Å²) in [4.78, 5) is 116. The van der Waals surface area contributed by atoms with E-state index < -0.39 is 102 Å². The third kappa shape index (κ3) is 29.4. The Hall–Kier alpha value is -7.25. The fraction of sp³-hybridized carbons (Fsp3) is 0.494. The molecule has 32 nitrogen and oxygen atoms in total. The van der Waals surface area contributed by atoms with E-state index in [1.807, 2.05) is 83.6 Å². The highest BCUT2D eigenvalue weighted by atomic mass is 35.5. The number of nitrogens with one attached hydrogen (secondary N) is 3. The summed E-state index contributed by atoms with van der Waals surface area (Å²) in [5.41, 5.74) is 14.3. The van der Waals surface area contributed by atoms with Gasteiger partial charge in [-0.05, 0) is 262 Å². The molecule has 7 atom stereocenters. The molecule has 5 amide bonds. The van der Waals surface area contributed by atoms with Gasteiger partial charge in [0.1, 0.15) is 6.10 Å². The number of nitrogens with two attached hydrogens (primary N) is 1. The monoisotopic (exact) mass is 1950 g/mol. The number of fused-ring (bicyclic) bond motifs is 3. The summed E-state index contributed by atoms with van der Waals surface area (Å²) in [6.45, 7) is 9.91. The van der Waals surface area contributed by atoms with Gasteiger partial charge in [-0.15, -0.1) is 10.1 Å². The standard InChI is InChI=1S/C52H68Cl4N6O8S2.C23H32Cl2N4O2S.C12H12N2O10/c1-59(21-7-8-24-71(67,68)39-15-9-13-35(25-39)43-31-61(3)33-45-41(43)27-37(53)29-47(45)55)20-6-5-17-49(63)50(64)51(65)52(66)57-18-11-22-60(2)23-12-19-58-72(69,70)40-16-10-14-36(26-40)44-32-62(4)34-46-42(44)28-38(54)30-48(46)56;1-28(10-4-8-26)11-5-9-27-32(30,31)19-7-3-6-17(12-19)21-15-29(2)16-22-20(21)13-18(24)14-23(22)25;15-5-1-2-6(16)13(5)23-11(21)9(19)10(20)12(22)24-14-7(17)3-4-8(14)18/h9-10,13-16,25-30,43-44,50-51,58,64-65H,5-8,11-12,17-24,31-34H2,1-4H3,(H,57,66);3,6-7,12-14,21,27H,4-5,8-11,15-16,26H2,1-2H3;9-10,19-20H,1-4H2/t43?,44?,50-,51+;;9-,10-/m0.1/s1. The van der Waals surface area contributed by atoms with Crippen molar-refractivity contribution in [2.75, 3.05) is 133 Å². The first-order valence-electron chi connectivity index (χ1n) is 42.0. The van der Waals surface area contributed by atoms with Gasteiger partial charge in [-0.2, -0.15) is 0 Å². The summed E-state index contributed by atoms with van der Waals surface area (Å²) in [6.07, 6.45) is -4.58. The van der Waals surface area contributed by atoms with Gasteiger partial charge in [-0.25, -0.2) is 44.3 Å². The number of likely N-dealkylation sites (N-methyl/N-ethyl adjacent to an activating group) is 3. The molecular weight excluding hydrogens is 1840 g/mol. The van der Waals surface area contributed by atoms with Gasteiger partial charge in [-0.1, -0.05) is 106 Å². The number of hydrogen-bond donors (Lipinski definition) is 8. The molecule has 128 heavy (non-hydrogen) atoms. The number of Topliss-reactive ketones (excluding diaryl/α,β-unsaturated/α-hetero) is 1. The number of sulfone groups is 1. The molecule has 11 rings (SSSR count). The molecule has 6 aromatic rings. The second-order valence-electron chi connectivity index (χ2n) is 32.7. The van der Waals surface area contributed by atoms with E-state index in [0.29, 0.717) is 134 Å². The number of halogens is 6. The number of benzene rings is 6. The Balaban J connectivity index is 0.000000268. The smallest absolute Gasteiger partial charge is 0.364 e. The fourth-order valence-electron chi connectivity index (χ4n) is 15.6. The number of aliphatic hydroxyl groups is 4. The molecule has 5 aliphatic heterocycles. The molecule has 9 N–H and O–H groups in total. The number of hydrogen-bond acceptors (Lipinski definition) is 27. The molecule has 0 spiro atoms. The number of carbonyl (C=O) groups excluding carboxylic acids is 8. The first kappa shape index (κ1) is 104. The number of hydroxylamine groups is 4. The number of rotatable bonds is 41. The third-order valence-electron chi connectivity index (χ3n) is 22.5. The van der Waals surface area contributed by atoms with Crippen molar-refractivity contribution in [3.8, 4) is 0 Å². The lowest BCUT2D eigenvalue weighted by Gasteiger charge is -2.33. The van der Waals surface area contributed by atoms with Crippen LogP contribution in [-0.2, 0) is 97.5 Å². The molecule has 700 valence electrons. The molecule has 3 unspecified atom stereocenters. The number of aliphatic hydroxyl groups excluding tert-OH is 4. The Bertz CT molecular complexity index is 5050. The van der Waals surface area contributed by atoms with Crippen LogP contribution in [0.5, 0.6) is 0 Å². The summed E-state index contributed by atoms with van der Waals surface area (Å²) in [6, 6.07) is 32.3. The summed E-state index contributed by atoms with van der Waals surface area (Å²) in [5, 5.41) is 46.2. The van der Waals surface area contributed by atoms with E-state index in [2.05, 4.69) is 48.9 Å². The highest BCUT2D eigenvalue weighted by Crippen LogP contribution is 2.43. The number of ketones is 1. The summed E-state index contributed by atoms with van der Waals surface area (Å²) in [5.74, 6) is -8.27. The SMILES string of the molecule is CN(CCCCC(=O)[C@H](O)[C@@H](O)C(=O)NCCCN(C)CCCNS(=O)(=O)c1cccc(C2CN(C)Cc3c(Cl)cc(Cl)cc32)c1)CCCCS(=O)(=O)c1cccc(C2CN(C)Cc3c(Cl)cc(Cl)cc32)c1.CN(CCCN)CCCNS(=O)(=O)c1cccc(C2CN(C)Cc3c(Cl)cc(Cl)cc32)c1.O=C(ON1C(=O)CCC1=O)[C@H](O)[C@@H](O)C(=O)ON1C(=O)CCC1=O. The van der Waals surface area contributed by atoms with E-state index in [-0.39, 0.29) is 93.5 Å². The molecule has 0 saturated carbocycles. The van der Waals surface area contributed by atoms with Crippen LogP contribution in [0, 0.1) is 0 Å². The lowest BCUT2D eigenvalue weighted by atomic mass is 9.85. The number of nitrogens with zero attached hydrogens (tertiary/aromatic N) is 8. The largest absolute Gasteiger partial charge is 0.382 e. The van der Waals surface area contributed by atoms with Crippen molar-refractivity contribution in [1.82, 2.24) is 54.3 Å². The van der Waals surface area contributed by atoms with Gasteiger partial charge >= 0.3 is 11.9 Å². The van der Waals surface area contributed by atoms with Crippen molar-refractivity contribution in [1.29, 1.82) is 0 Å². The maximum absolute atomic E-state index is 13.4. The van der Waals surface area contributed by atoms with E-state index in [9.17, 15) is 84.0 Å². The predicted octanol–water partition coefficient (Wildman–Crippen LogP) is 7.65. The molecule has 0 radical (unpaired) electrons. The average molecular weight is 1950 g/mol. The quantitative estimate of drug-likeness (QED) is 0.0135. The first-order valence-corrected chi connectivity index (χ1v) is 48.9. The van der Waals surface area contributed by atoms with Crippen LogP contribution in [0.25, 0.3) is 0 Å². The normalized spacial score (nSPS) is 17.9. The number of imide groups is 2. The Kier molecular flexibility index (Phi) is 39.5. The van der Waals surface area contributed by atoms with Crippen LogP contribution >= 0.6 is 69.6 Å². The number of amides is 5. The minimum atomic E-state index is -3.79. The zero-order valence-electron chi connectivity index (χ0n) is 72.1. The second-order valence-corrected chi connectivity index (χ2v) is 40.9. The zero-order valence-corrected chi connectivity index (χ0v) is 79.1. The van der Waals surface area contributed by atoms with Crippen LogP contribution < -0.4 is 20.5 Å². The second kappa shape index (κ2) is 48.4. The van der Waals surface area contributed by atoms with Gasteiger partial charge in [0.25, 0.3) is 29.5 Å². The number of carbonyl (C=O) groups is 8. The van der Waals surface area contributed by atoms with Crippen LogP contribution in [0.3, 0.4) is 0 Å². The minimum Gasteiger partial charge on any atom is -0.382 e. The predicted molar refractivity (Wildman–Crippen MR) is 485 cm³/mol. The maximum Gasteiger partial charge on any atom is 0.364 e. The van der Waals surface area contributed by atoms with Crippen molar-refractivity contribution in [2.45, 2.75) is 160 Å². The van der Waals surface area contributed by atoms with Gasteiger partial charge < -0.3 is 70.6 Å². The van der Waals surface area contributed by atoms with Gasteiger partial charge in [0, 0.05) is 139 Å². The van der Waals surface area contributed by atoms with Gasteiger partial charge in [0.2, 0.25) is 20.0 Å². The highest BCUT2D eigenvalue weighted by Gasteiger charge is 2.43. The van der Waals surface area contributed by atoms with Crippen molar-refractivity contribution in [3.05, 3.63) is 189 Å². The first-order chi connectivity index (χ1) is 60.6. The molecular formula is C87H112Cl6N12O20S3. The average Bonchev–Trinajstić information content (AvgIpc) is 1.03. The van der Waals surface area contributed by atoms with Crippen LogP contribution in [-0.4, -0.2) is 290 Å². The number of unbranched alkanes of at least 4 members (excludes halogenated alkanes) is 2. The van der Waals surface area contributed by atoms with E-state index in [4.69, 9.17) is 75.3 Å². The van der Waals surface area contributed by atoms with E-state index in [1.54, 1.807) is 72.8 Å².